The number of hydrogen-bond acceptors (Lipinski definition) is 2. The molecule has 0 aromatic heterocycles. The van der Waals surface area contributed by atoms with Gasteiger partial charge in [0.15, 0.2) is 11.6 Å². The number of alkyl halides is 1. The molecule has 0 aliphatic heterocycles. The van der Waals surface area contributed by atoms with Gasteiger partial charge in [-0.3, -0.25) is 9.59 Å². The van der Waals surface area contributed by atoms with E-state index >= 15 is 0 Å². The highest BCUT2D eigenvalue weighted by molar-refractivity contribution is 6.08. The minimum Gasteiger partial charge on any atom is -0.296 e. The number of Topliss-reactive ketones (excluding diaryl/α,β-unsaturated/α-hetero) is 2. The monoisotopic (exact) mass is 180 g/mol. The van der Waals surface area contributed by atoms with Crippen LogP contribution in [0.3, 0.4) is 0 Å². The molecule has 0 N–H and O–H groups in total. The third-order valence-electron chi connectivity index (χ3n) is 1.60. The molecule has 1 aromatic rings. The van der Waals surface area contributed by atoms with E-state index in [-0.39, 0.29) is 12.2 Å². The molecule has 3 heteroatoms. The topological polar surface area (TPSA) is 34.1 Å². The van der Waals surface area contributed by atoms with Gasteiger partial charge in [-0.15, -0.1) is 0 Å². The van der Waals surface area contributed by atoms with Crippen LogP contribution in [0.25, 0.3) is 0 Å². The van der Waals surface area contributed by atoms with Gasteiger partial charge >= 0.3 is 0 Å². The third kappa shape index (κ3) is 2.78. The van der Waals surface area contributed by atoms with Gasteiger partial charge in [0.05, 0.1) is 6.42 Å². The van der Waals surface area contributed by atoms with Gasteiger partial charge in [-0.25, -0.2) is 4.39 Å². The highest BCUT2D eigenvalue weighted by atomic mass is 19.1. The Morgan fingerprint density at radius 1 is 1.15 bits per heavy atom. The summed E-state index contributed by atoms with van der Waals surface area (Å²) in [6.07, 6.45) is -0.347. The molecule has 0 bridgehead atoms. The molecule has 0 unspecified atom stereocenters. The van der Waals surface area contributed by atoms with Crippen molar-refractivity contribution in [1.82, 2.24) is 0 Å². The maximum Gasteiger partial charge on any atom is 0.171 e. The molecule has 0 spiro atoms. The van der Waals surface area contributed by atoms with Gasteiger partial charge < -0.3 is 0 Å². The van der Waals surface area contributed by atoms with E-state index in [2.05, 4.69) is 0 Å². The number of benzene rings is 1. The van der Waals surface area contributed by atoms with Crippen molar-refractivity contribution in [2.24, 2.45) is 0 Å². The van der Waals surface area contributed by atoms with E-state index in [0.717, 1.165) is 0 Å². The maximum atomic E-state index is 11.8. The molecule has 1 aromatic carbocycles. The summed E-state index contributed by atoms with van der Waals surface area (Å²) in [6.45, 7) is -1.07. The number of carbonyl (C=O) groups is 2. The van der Waals surface area contributed by atoms with Crippen LogP contribution in [0.2, 0.25) is 0 Å². The Hall–Kier alpha value is -1.51. The van der Waals surface area contributed by atoms with Crippen LogP contribution in [0.1, 0.15) is 16.8 Å². The normalized spacial score (nSPS) is 9.62. The molecule has 0 saturated heterocycles. The lowest BCUT2D eigenvalue weighted by Gasteiger charge is -1.96. The fourth-order valence-corrected chi connectivity index (χ4v) is 0.952. The van der Waals surface area contributed by atoms with Gasteiger partial charge in [0, 0.05) is 5.56 Å². The molecule has 1 rings (SSSR count). The van der Waals surface area contributed by atoms with Crippen LogP contribution in [-0.2, 0) is 4.79 Å². The fraction of sp³-hybridized carbons (Fsp3) is 0.200. The lowest BCUT2D eigenvalue weighted by molar-refractivity contribution is -0.119. The van der Waals surface area contributed by atoms with Gasteiger partial charge in [-0.1, -0.05) is 30.3 Å². The summed E-state index contributed by atoms with van der Waals surface area (Å²) in [5.74, 6) is -1.00. The summed E-state index contributed by atoms with van der Waals surface area (Å²) in [4.78, 5) is 21.8. The van der Waals surface area contributed by atoms with Gasteiger partial charge in [0.2, 0.25) is 0 Å². The van der Waals surface area contributed by atoms with E-state index in [1.807, 2.05) is 0 Å². The van der Waals surface area contributed by atoms with Gasteiger partial charge in [0.1, 0.15) is 6.67 Å². The quantitative estimate of drug-likeness (QED) is 0.523. The van der Waals surface area contributed by atoms with Crippen molar-refractivity contribution < 1.29 is 14.0 Å². The average Bonchev–Trinajstić information content (AvgIpc) is 2.19. The predicted molar refractivity (Wildman–Crippen MR) is 46.4 cm³/mol. The van der Waals surface area contributed by atoms with Gasteiger partial charge in [0.25, 0.3) is 0 Å². The van der Waals surface area contributed by atoms with Crippen LogP contribution in [0, 0.1) is 0 Å². The zero-order valence-corrected chi connectivity index (χ0v) is 7.00. The summed E-state index contributed by atoms with van der Waals surface area (Å²) in [5.41, 5.74) is 0.448. The number of hydrogen-bond donors (Lipinski definition) is 0. The van der Waals surface area contributed by atoms with Crippen molar-refractivity contribution in [2.45, 2.75) is 6.42 Å². The molecule has 0 fully saturated rings. The average molecular weight is 180 g/mol. The lowest BCUT2D eigenvalue weighted by atomic mass is 10.1. The number of rotatable bonds is 4. The highest BCUT2D eigenvalue weighted by Gasteiger charge is 2.10. The maximum absolute atomic E-state index is 11.8. The third-order valence-corrected chi connectivity index (χ3v) is 1.60. The smallest absolute Gasteiger partial charge is 0.171 e. The predicted octanol–water partition coefficient (Wildman–Crippen LogP) is 1.80. The van der Waals surface area contributed by atoms with E-state index in [4.69, 9.17) is 0 Å². The number of ketones is 2. The van der Waals surface area contributed by atoms with Crippen LogP contribution < -0.4 is 0 Å². The first kappa shape index (κ1) is 9.58. The van der Waals surface area contributed by atoms with Crippen molar-refractivity contribution >= 4 is 11.6 Å². The van der Waals surface area contributed by atoms with Crippen LogP contribution >= 0.6 is 0 Å². The largest absolute Gasteiger partial charge is 0.296 e. The van der Waals surface area contributed by atoms with E-state index in [1.54, 1.807) is 30.3 Å². The van der Waals surface area contributed by atoms with Crippen LogP contribution in [0.15, 0.2) is 30.3 Å². The van der Waals surface area contributed by atoms with Crippen molar-refractivity contribution in [3.63, 3.8) is 0 Å². The molecule has 2 nitrogen and oxygen atoms in total. The van der Waals surface area contributed by atoms with Gasteiger partial charge in [-0.2, -0.15) is 0 Å². The SMILES string of the molecule is O=C(CF)CC(=O)c1ccccc1. The Labute approximate surface area is 75.4 Å². The van der Waals surface area contributed by atoms with E-state index in [1.165, 1.54) is 0 Å². The molecule has 0 amide bonds. The Bertz CT molecular complexity index is 306. The first-order chi connectivity index (χ1) is 6.24. The van der Waals surface area contributed by atoms with Crippen molar-refractivity contribution in [1.29, 1.82) is 0 Å². The Balaban J connectivity index is 2.65. The van der Waals surface area contributed by atoms with Crippen molar-refractivity contribution in [3.8, 4) is 0 Å². The Kier molecular flexibility index (Phi) is 3.31. The summed E-state index contributed by atoms with van der Waals surface area (Å²) >= 11 is 0. The van der Waals surface area contributed by atoms with E-state index in [0.29, 0.717) is 5.56 Å². The first-order valence-corrected chi connectivity index (χ1v) is 3.90. The lowest BCUT2D eigenvalue weighted by Crippen LogP contribution is -2.09. The zero-order valence-electron chi connectivity index (χ0n) is 7.00. The van der Waals surface area contributed by atoms with Crippen LogP contribution in [0.4, 0.5) is 4.39 Å². The Morgan fingerprint density at radius 2 is 1.77 bits per heavy atom. The Morgan fingerprint density at radius 3 is 2.31 bits per heavy atom. The summed E-state index contributed by atoms with van der Waals surface area (Å²) in [7, 11) is 0. The number of halogens is 1. The second-order valence-electron chi connectivity index (χ2n) is 2.64. The molecular weight excluding hydrogens is 171 g/mol. The molecule has 0 radical (unpaired) electrons. The zero-order chi connectivity index (χ0) is 9.68. The first-order valence-electron chi connectivity index (χ1n) is 3.90. The molecule has 0 atom stereocenters. The number of carbonyl (C=O) groups excluding carboxylic acids is 2. The van der Waals surface area contributed by atoms with E-state index in [9.17, 15) is 14.0 Å². The molecule has 0 saturated carbocycles. The van der Waals surface area contributed by atoms with E-state index < -0.39 is 12.5 Å². The highest BCUT2D eigenvalue weighted by Crippen LogP contribution is 2.03. The molecule has 0 aliphatic rings. The summed E-state index contributed by atoms with van der Waals surface area (Å²) in [5, 5.41) is 0. The second kappa shape index (κ2) is 4.50. The van der Waals surface area contributed by atoms with Crippen LogP contribution in [0.5, 0.6) is 0 Å². The van der Waals surface area contributed by atoms with Crippen molar-refractivity contribution in [2.75, 3.05) is 6.67 Å². The molecule has 0 aliphatic carbocycles. The molecule has 13 heavy (non-hydrogen) atoms. The molecule has 0 heterocycles. The molecular formula is C10H9FO2. The minimum atomic E-state index is -1.07. The summed E-state index contributed by atoms with van der Waals surface area (Å²) in [6, 6.07) is 8.38. The van der Waals surface area contributed by atoms with Crippen LogP contribution in [-0.4, -0.2) is 18.2 Å². The van der Waals surface area contributed by atoms with Crippen molar-refractivity contribution in [3.05, 3.63) is 35.9 Å². The standard InChI is InChI=1S/C10H9FO2/c11-7-9(12)6-10(13)8-4-2-1-3-5-8/h1-5H,6-7H2. The minimum absolute atomic E-state index is 0.330. The van der Waals surface area contributed by atoms with Gasteiger partial charge in [-0.05, 0) is 0 Å². The fourth-order valence-electron chi connectivity index (χ4n) is 0.952. The second-order valence-corrected chi connectivity index (χ2v) is 2.64. The summed E-state index contributed by atoms with van der Waals surface area (Å²) < 4.78 is 11.8. The molecule has 68 valence electrons.